The van der Waals surface area contributed by atoms with Crippen molar-refractivity contribution < 1.29 is 9.52 Å². The fourth-order valence-electron chi connectivity index (χ4n) is 1.66. The Morgan fingerprint density at radius 3 is 2.83 bits per heavy atom. The molecule has 2 rings (SSSR count). The van der Waals surface area contributed by atoms with Crippen LogP contribution >= 0.6 is 0 Å². The minimum atomic E-state index is 0.0234. The van der Waals surface area contributed by atoms with E-state index in [2.05, 4.69) is 15.5 Å². The fourth-order valence-corrected chi connectivity index (χ4v) is 1.66. The van der Waals surface area contributed by atoms with Crippen LogP contribution in [0, 0.1) is 6.92 Å². The number of benzene rings is 1. The Morgan fingerprint density at radius 1 is 1.39 bits per heavy atom. The largest absolute Gasteiger partial charge is 0.508 e. The predicted molar refractivity (Wildman–Crippen MR) is 68.2 cm³/mol. The molecule has 0 aliphatic rings. The van der Waals surface area contributed by atoms with Gasteiger partial charge in [-0.25, -0.2) is 0 Å². The van der Waals surface area contributed by atoms with Gasteiger partial charge in [-0.2, -0.15) is 0 Å². The van der Waals surface area contributed by atoms with E-state index < -0.39 is 0 Å². The third-order valence-electron chi connectivity index (χ3n) is 2.78. The van der Waals surface area contributed by atoms with E-state index in [4.69, 9.17) is 4.42 Å². The third kappa shape index (κ3) is 2.51. The van der Waals surface area contributed by atoms with Crippen LogP contribution in [-0.2, 0) is 0 Å². The van der Waals surface area contributed by atoms with Crippen molar-refractivity contribution in [3.05, 3.63) is 29.7 Å². The summed E-state index contributed by atoms with van der Waals surface area (Å²) in [5.74, 6) is 1.20. The van der Waals surface area contributed by atoms with Gasteiger partial charge >= 0.3 is 0 Å². The maximum Gasteiger partial charge on any atom is 0.247 e. The molecule has 2 N–H and O–H groups in total. The number of hydrogen-bond donors (Lipinski definition) is 2. The SMILES string of the molecule is CCNC(C)c1nnc(-c2ccc(C)c(O)c2)o1. The van der Waals surface area contributed by atoms with Crippen LogP contribution in [-0.4, -0.2) is 21.8 Å². The average Bonchev–Trinajstić information content (AvgIpc) is 2.82. The number of aromatic hydroxyl groups is 1. The van der Waals surface area contributed by atoms with Gasteiger partial charge in [0, 0.05) is 5.56 Å². The summed E-state index contributed by atoms with van der Waals surface area (Å²) in [6.45, 7) is 6.66. The highest BCUT2D eigenvalue weighted by Crippen LogP contribution is 2.26. The van der Waals surface area contributed by atoms with Crippen molar-refractivity contribution in [2.45, 2.75) is 26.8 Å². The summed E-state index contributed by atoms with van der Waals surface area (Å²) in [5, 5.41) is 20.9. The Kier molecular flexibility index (Phi) is 3.62. The van der Waals surface area contributed by atoms with Gasteiger partial charge < -0.3 is 14.8 Å². The number of nitrogens with zero attached hydrogens (tertiary/aromatic N) is 2. The van der Waals surface area contributed by atoms with Gasteiger partial charge in [-0.1, -0.05) is 13.0 Å². The first-order chi connectivity index (χ1) is 8.61. The van der Waals surface area contributed by atoms with Crippen molar-refractivity contribution in [1.82, 2.24) is 15.5 Å². The van der Waals surface area contributed by atoms with Crippen molar-refractivity contribution >= 4 is 0 Å². The van der Waals surface area contributed by atoms with E-state index in [0.29, 0.717) is 11.8 Å². The summed E-state index contributed by atoms with van der Waals surface area (Å²) in [6.07, 6.45) is 0. The van der Waals surface area contributed by atoms with Crippen molar-refractivity contribution in [2.75, 3.05) is 6.54 Å². The number of aryl methyl sites for hydroxylation is 1. The maximum absolute atomic E-state index is 9.66. The highest BCUT2D eigenvalue weighted by Gasteiger charge is 2.14. The van der Waals surface area contributed by atoms with Crippen molar-refractivity contribution in [3.63, 3.8) is 0 Å². The zero-order valence-corrected chi connectivity index (χ0v) is 10.8. The second-order valence-corrected chi connectivity index (χ2v) is 4.23. The Morgan fingerprint density at radius 2 is 2.17 bits per heavy atom. The summed E-state index contributed by atoms with van der Waals surface area (Å²) < 4.78 is 5.58. The summed E-state index contributed by atoms with van der Waals surface area (Å²) in [4.78, 5) is 0. The lowest BCUT2D eigenvalue weighted by Crippen LogP contribution is -2.17. The minimum absolute atomic E-state index is 0.0234. The second-order valence-electron chi connectivity index (χ2n) is 4.23. The molecule has 1 unspecified atom stereocenters. The molecule has 96 valence electrons. The summed E-state index contributed by atoms with van der Waals surface area (Å²) in [6, 6.07) is 5.33. The van der Waals surface area contributed by atoms with Crippen LogP contribution in [0.3, 0.4) is 0 Å². The molecule has 1 atom stereocenters. The average molecular weight is 247 g/mol. The van der Waals surface area contributed by atoms with Crippen LogP contribution in [0.4, 0.5) is 0 Å². The molecule has 0 fully saturated rings. The molecule has 0 bridgehead atoms. The highest BCUT2D eigenvalue weighted by molar-refractivity contribution is 5.57. The smallest absolute Gasteiger partial charge is 0.247 e. The van der Waals surface area contributed by atoms with E-state index >= 15 is 0 Å². The summed E-state index contributed by atoms with van der Waals surface area (Å²) >= 11 is 0. The van der Waals surface area contributed by atoms with Crippen LogP contribution in [0.25, 0.3) is 11.5 Å². The number of aromatic nitrogens is 2. The fraction of sp³-hybridized carbons (Fsp3) is 0.385. The van der Waals surface area contributed by atoms with Gasteiger partial charge in [-0.3, -0.25) is 0 Å². The van der Waals surface area contributed by atoms with E-state index in [0.717, 1.165) is 17.7 Å². The topological polar surface area (TPSA) is 71.2 Å². The van der Waals surface area contributed by atoms with Gasteiger partial charge in [0.15, 0.2) is 0 Å². The second kappa shape index (κ2) is 5.18. The lowest BCUT2D eigenvalue weighted by molar-refractivity contribution is 0.428. The van der Waals surface area contributed by atoms with Gasteiger partial charge in [-0.15, -0.1) is 10.2 Å². The summed E-state index contributed by atoms with van der Waals surface area (Å²) in [7, 11) is 0. The first-order valence-electron chi connectivity index (χ1n) is 5.98. The molecule has 0 saturated carbocycles. The molecule has 1 heterocycles. The van der Waals surface area contributed by atoms with Crippen LogP contribution in [0.5, 0.6) is 5.75 Å². The maximum atomic E-state index is 9.66. The van der Waals surface area contributed by atoms with Crippen LogP contribution < -0.4 is 5.32 Å². The van der Waals surface area contributed by atoms with Crippen LogP contribution in [0.2, 0.25) is 0 Å². The van der Waals surface area contributed by atoms with Crippen molar-refractivity contribution in [1.29, 1.82) is 0 Å². The Hall–Kier alpha value is -1.88. The molecule has 0 amide bonds. The zero-order chi connectivity index (χ0) is 13.1. The quantitative estimate of drug-likeness (QED) is 0.868. The molecule has 18 heavy (non-hydrogen) atoms. The van der Waals surface area contributed by atoms with E-state index in [-0.39, 0.29) is 11.8 Å². The molecule has 1 aromatic carbocycles. The van der Waals surface area contributed by atoms with Crippen molar-refractivity contribution in [2.24, 2.45) is 0 Å². The molecule has 0 saturated heterocycles. The minimum Gasteiger partial charge on any atom is -0.508 e. The normalized spacial score (nSPS) is 12.6. The van der Waals surface area contributed by atoms with Crippen LogP contribution in [0.15, 0.2) is 22.6 Å². The molecule has 5 nitrogen and oxygen atoms in total. The van der Waals surface area contributed by atoms with Crippen molar-refractivity contribution in [3.8, 4) is 17.2 Å². The molecule has 1 aromatic heterocycles. The molecule has 0 radical (unpaired) electrons. The van der Waals surface area contributed by atoms with Gasteiger partial charge in [0.25, 0.3) is 0 Å². The van der Waals surface area contributed by atoms with E-state index in [1.807, 2.05) is 32.9 Å². The monoisotopic (exact) mass is 247 g/mol. The Bertz CT molecular complexity index is 537. The molecule has 0 aliphatic heterocycles. The lowest BCUT2D eigenvalue weighted by Gasteiger charge is -2.05. The van der Waals surface area contributed by atoms with Gasteiger partial charge in [0.1, 0.15) is 5.75 Å². The van der Waals surface area contributed by atoms with Gasteiger partial charge in [0.05, 0.1) is 6.04 Å². The number of phenols is 1. The number of phenolic OH excluding ortho intramolecular Hbond substituents is 1. The molecule has 5 heteroatoms. The number of nitrogens with one attached hydrogen (secondary N) is 1. The predicted octanol–water partition coefficient (Wildman–Crippen LogP) is 2.42. The molecular formula is C13H17N3O2. The van der Waals surface area contributed by atoms with Gasteiger partial charge in [-0.05, 0) is 38.1 Å². The van der Waals surface area contributed by atoms with E-state index in [9.17, 15) is 5.11 Å². The highest BCUT2D eigenvalue weighted by atomic mass is 16.4. The first-order valence-corrected chi connectivity index (χ1v) is 5.98. The Balaban J connectivity index is 2.26. The Labute approximate surface area is 106 Å². The molecule has 2 aromatic rings. The van der Waals surface area contributed by atoms with E-state index in [1.165, 1.54) is 0 Å². The van der Waals surface area contributed by atoms with E-state index in [1.54, 1.807) is 6.07 Å². The lowest BCUT2D eigenvalue weighted by atomic mass is 10.1. The number of rotatable bonds is 4. The first kappa shape index (κ1) is 12.6. The van der Waals surface area contributed by atoms with Crippen LogP contribution in [0.1, 0.15) is 31.3 Å². The molecular weight excluding hydrogens is 230 g/mol. The molecule has 0 spiro atoms. The third-order valence-corrected chi connectivity index (χ3v) is 2.78. The summed E-state index contributed by atoms with van der Waals surface area (Å²) in [5.41, 5.74) is 1.54. The molecule has 0 aliphatic carbocycles. The van der Waals surface area contributed by atoms with Gasteiger partial charge in [0.2, 0.25) is 11.8 Å². The number of hydrogen-bond acceptors (Lipinski definition) is 5. The standard InChI is InChI=1S/C13H17N3O2/c1-4-14-9(3)12-15-16-13(18-12)10-6-5-8(2)11(17)7-10/h5-7,9,14,17H,4H2,1-3H3. The zero-order valence-electron chi connectivity index (χ0n) is 10.8.